The molecular formula is C12H18N6. The van der Waals surface area contributed by atoms with E-state index in [0.717, 1.165) is 24.2 Å². The SMILES string of the molecule is CCCCCc1nc2c(N)nc(N)nc2nc1C. The molecule has 6 nitrogen and oxygen atoms in total. The highest BCUT2D eigenvalue weighted by atomic mass is 15.1. The lowest BCUT2D eigenvalue weighted by Gasteiger charge is -2.07. The standard InChI is InChI=1S/C12H18N6/c1-3-4-5-6-8-7(2)15-11-9(16-8)10(13)17-12(14)18-11/h3-6H2,1-2H3,(H4,13,14,15,17,18). The Balaban J connectivity index is 2.41. The first kappa shape index (κ1) is 12.5. The van der Waals surface area contributed by atoms with Gasteiger partial charge in [-0.1, -0.05) is 19.8 Å². The first-order chi connectivity index (χ1) is 8.61. The third-order valence-electron chi connectivity index (χ3n) is 2.87. The molecule has 0 saturated carbocycles. The minimum absolute atomic E-state index is 0.132. The number of unbranched alkanes of at least 4 members (excludes halogenated alkanes) is 2. The van der Waals surface area contributed by atoms with Crippen LogP contribution in [0.4, 0.5) is 11.8 Å². The summed E-state index contributed by atoms with van der Waals surface area (Å²) in [6.45, 7) is 4.11. The summed E-state index contributed by atoms with van der Waals surface area (Å²) >= 11 is 0. The van der Waals surface area contributed by atoms with E-state index in [1.807, 2.05) is 6.92 Å². The zero-order valence-electron chi connectivity index (χ0n) is 10.8. The number of aryl methyl sites for hydroxylation is 2. The number of rotatable bonds is 4. The Morgan fingerprint density at radius 1 is 1.00 bits per heavy atom. The average molecular weight is 246 g/mol. The summed E-state index contributed by atoms with van der Waals surface area (Å²) in [5, 5.41) is 0. The Bertz CT molecular complexity index is 566. The Kier molecular flexibility index (Phi) is 3.55. The van der Waals surface area contributed by atoms with Crippen LogP contribution in [0, 0.1) is 6.92 Å². The first-order valence-electron chi connectivity index (χ1n) is 6.18. The van der Waals surface area contributed by atoms with Crippen LogP contribution in [0.15, 0.2) is 0 Å². The van der Waals surface area contributed by atoms with Gasteiger partial charge in [0, 0.05) is 0 Å². The van der Waals surface area contributed by atoms with E-state index in [2.05, 4.69) is 26.9 Å². The molecule has 4 N–H and O–H groups in total. The maximum atomic E-state index is 5.80. The van der Waals surface area contributed by atoms with Crippen LogP contribution in [-0.4, -0.2) is 19.9 Å². The third kappa shape index (κ3) is 2.47. The van der Waals surface area contributed by atoms with Crippen molar-refractivity contribution in [1.82, 2.24) is 19.9 Å². The molecule has 0 aliphatic rings. The molecule has 0 aliphatic heterocycles. The summed E-state index contributed by atoms with van der Waals surface area (Å²) in [6, 6.07) is 0. The second-order valence-corrected chi connectivity index (χ2v) is 4.35. The van der Waals surface area contributed by atoms with E-state index < -0.39 is 0 Å². The van der Waals surface area contributed by atoms with Crippen LogP contribution < -0.4 is 11.5 Å². The van der Waals surface area contributed by atoms with Crippen LogP contribution in [0.1, 0.15) is 37.6 Å². The van der Waals surface area contributed by atoms with Gasteiger partial charge in [0.1, 0.15) is 0 Å². The zero-order chi connectivity index (χ0) is 13.1. The highest BCUT2D eigenvalue weighted by Gasteiger charge is 2.10. The van der Waals surface area contributed by atoms with E-state index in [1.165, 1.54) is 12.8 Å². The summed E-state index contributed by atoms with van der Waals surface area (Å²) in [4.78, 5) is 16.9. The molecule has 0 bridgehead atoms. The van der Waals surface area contributed by atoms with Crippen molar-refractivity contribution in [3.05, 3.63) is 11.4 Å². The van der Waals surface area contributed by atoms with Crippen molar-refractivity contribution in [3.8, 4) is 0 Å². The van der Waals surface area contributed by atoms with Gasteiger partial charge in [-0.05, 0) is 19.8 Å². The van der Waals surface area contributed by atoms with E-state index in [-0.39, 0.29) is 5.95 Å². The van der Waals surface area contributed by atoms with Gasteiger partial charge >= 0.3 is 0 Å². The number of nitrogens with two attached hydrogens (primary N) is 2. The molecule has 2 aromatic heterocycles. The first-order valence-corrected chi connectivity index (χ1v) is 6.18. The van der Waals surface area contributed by atoms with Crippen molar-refractivity contribution in [2.75, 3.05) is 11.5 Å². The fourth-order valence-electron chi connectivity index (χ4n) is 1.88. The van der Waals surface area contributed by atoms with Gasteiger partial charge in [0.25, 0.3) is 0 Å². The number of hydrogen-bond donors (Lipinski definition) is 2. The van der Waals surface area contributed by atoms with E-state index in [1.54, 1.807) is 0 Å². The number of aromatic nitrogens is 4. The van der Waals surface area contributed by atoms with Gasteiger partial charge in [-0.3, -0.25) is 0 Å². The molecular weight excluding hydrogens is 228 g/mol. The largest absolute Gasteiger partial charge is 0.382 e. The summed E-state index contributed by atoms with van der Waals surface area (Å²) in [5.41, 5.74) is 14.2. The van der Waals surface area contributed by atoms with E-state index >= 15 is 0 Å². The third-order valence-corrected chi connectivity index (χ3v) is 2.87. The van der Waals surface area contributed by atoms with Crippen LogP contribution in [0.3, 0.4) is 0 Å². The topological polar surface area (TPSA) is 104 Å². The zero-order valence-corrected chi connectivity index (χ0v) is 10.8. The Labute approximate surface area is 106 Å². The van der Waals surface area contributed by atoms with Gasteiger partial charge < -0.3 is 11.5 Å². The fourth-order valence-corrected chi connectivity index (χ4v) is 1.88. The summed E-state index contributed by atoms with van der Waals surface area (Å²) in [7, 11) is 0. The molecule has 96 valence electrons. The van der Waals surface area contributed by atoms with Crippen LogP contribution in [0.25, 0.3) is 11.2 Å². The molecule has 2 heterocycles. The number of nitrogen functional groups attached to an aromatic ring is 2. The maximum Gasteiger partial charge on any atom is 0.224 e. The number of anilines is 2. The minimum Gasteiger partial charge on any atom is -0.382 e. The van der Waals surface area contributed by atoms with Gasteiger partial charge in [-0.25, -0.2) is 9.97 Å². The van der Waals surface area contributed by atoms with Gasteiger partial charge in [0.15, 0.2) is 17.0 Å². The molecule has 0 amide bonds. The van der Waals surface area contributed by atoms with Crippen molar-refractivity contribution in [2.45, 2.75) is 39.5 Å². The molecule has 2 rings (SSSR count). The number of nitrogens with zero attached hydrogens (tertiary/aromatic N) is 4. The monoisotopic (exact) mass is 246 g/mol. The number of fused-ring (bicyclic) bond motifs is 1. The molecule has 0 aliphatic carbocycles. The van der Waals surface area contributed by atoms with Crippen LogP contribution in [0.5, 0.6) is 0 Å². The summed E-state index contributed by atoms with van der Waals surface area (Å²) in [5.74, 6) is 0.425. The van der Waals surface area contributed by atoms with E-state index in [0.29, 0.717) is 17.0 Å². The fraction of sp³-hybridized carbons (Fsp3) is 0.500. The quantitative estimate of drug-likeness (QED) is 0.794. The lowest BCUT2D eigenvalue weighted by Crippen LogP contribution is -2.06. The highest BCUT2D eigenvalue weighted by Crippen LogP contribution is 2.18. The molecule has 0 atom stereocenters. The van der Waals surface area contributed by atoms with Crippen LogP contribution in [-0.2, 0) is 6.42 Å². The second kappa shape index (κ2) is 5.12. The molecule has 0 fully saturated rings. The van der Waals surface area contributed by atoms with Crippen LogP contribution in [0.2, 0.25) is 0 Å². The molecule has 18 heavy (non-hydrogen) atoms. The molecule has 0 spiro atoms. The smallest absolute Gasteiger partial charge is 0.224 e. The summed E-state index contributed by atoms with van der Waals surface area (Å²) in [6.07, 6.45) is 4.38. The predicted molar refractivity (Wildman–Crippen MR) is 71.9 cm³/mol. The second-order valence-electron chi connectivity index (χ2n) is 4.35. The van der Waals surface area contributed by atoms with Crippen molar-refractivity contribution in [3.63, 3.8) is 0 Å². The molecule has 2 aromatic rings. The van der Waals surface area contributed by atoms with Crippen molar-refractivity contribution < 1.29 is 0 Å². The lowest BCUT2D eigenvalue weighted by atomic mass is 10.1. The maximum absolute atomic E-state index is 5.80. The molecule has 6 heteroatoms. The molecule has 0 aromatic carbocycles. The molecule has 0 unspecified atom stereocenters. The number of hydrogen-bond acceptors (Lipinski definition) is 6. The summed E-state index contributed by atoms with van der Waals surface area (Å²) < 4.78 is 0. The molecule has 0 radical (unpaired) electrons. The van der Waals surface area contributed by atoms with E-state index in [4.69, 9.17) is 11.5 Å². The molecule has 0 saturated heterocycles. The van der Waals surface area contributed by atoms with Crippen molar-refractivity contribution in [2.24, 2.45) is 0 Å². The van der Waals surface area contributed by atoms with Gasteiger partial charge in [-0.2, -0.15) is 9.97 Å². The Morgan fingerprint density at radius 2 is 1.78 bits per heavy atom. The van der Waals surface area contributed by atoms with Gasteiger partial charge in [-0.15, -0.1) is 0 Å². The normalized spacial score (nSPS) is 11.0. The van der Waals surface area contributed by atoms with E-state index in [9.17, 15) is 0 Å². The highest BCUT2D eigenvalue weighted by molar-refractivity contribution is 5.82. The Morgan fingerprint density at radius 3 is 2.50 bits per heavy atom. The predicted octanol–water partition coefficient (Wildman–Crippen LogP) is 1.63. The average Bonchev–Trinajstić information content (AvgIpc) is 2.30. The lowest BCUT2D eigenvalue weighted by molar-refractivity contribution is 0.703. The minimum atomic E-state index is 0.132. The van der Waals surface area contributed by atoms with Crippen LogP contribution >= 0.6 is 0 Å². The Hall–Kier alpha value is -1.98. The van der Waals surface area contributed by atoms with Gasteiger partial charge in [0.2, 0.25) is 5.95 Å². The van der Waals surface area contributed by atoms with Crippen molar-refractivity contribution in [1.29, 1.82) is 0 Å². The van der Waals surface area contributed by atoms with Crippen molar-refractivity contribution >= 4 is 22.9 Å². The van der Waals surface area contributed by atoms with Gasteiger partial charge in [0.05, 0.1) is 11.4 Å².